The van der Waals surface area contributed by atoms with Crippen LogP contribution in [0.25, 0.3) is 0 Å². The summed E-state index contributed by atoms with van der Waals surface area (Å²) in [6.45, 7) is 1.33. The number of ether oxygens (including phenoxy) is 1. The summed E-state index contributed by atoms with van der Waals surface area (Å²) in [6.07, 6.45) is 0.571. The van der Waals surface area contributed by atoms with Crippen LogP contribution in [0.1, 0.15) is 6.92 Å². The lowest BCUT2D eigenvalue weighted by molar-refractivity contribution is -0.141. The van der Waals surface area contributed by atoms with Gasteiger partial charge in [-0.3, -0.25) is 4.79 Å². The zero-order valence-corrected chi connectivity index (χ0v) is 9.36. The van der Waals surface area contributed by atoms with Gasteiger partial charge in [-0.2, -0.15) is 0 Å². The van der Waals surface area contributed by atoms with Gasteiger partial charge in [0.1, 0.15) is 6.04 Å². The highest BCUT2D eigenvalue weighted by Gasteiger charge is 2.16. The van der Waals surface area contributed by atoms with Gasteiger partial charge >= 0.3 is 17.9 Å². The normalized spacial score (nSPS) is 13.2. The van der Waals surface area contributed by atoms with E-state index in [1.54, 1.807) is 0 Å². The number of rotatable bonds is 4. The van der Waals surface area contributed by atoms with E-state index in [0.29, 0.717) is 6.08 Å². The van der Waals surface area contributed by atoms with E-state index in [-0.39, 0.29) is 0 Å². The number of carbonyl (C=O) groups is 3. The predicted octanol–water partition coefficient (Wildman–Crippen LogP) is -1.42. The highest BCUT2D eigenvalue weighted by atomic mass is 16.5. The summed E-state index contributed by atoms with van der Waals surface area (Å²) in [5.74, 6) is -3.02. The van der Waals surface area contributed by atoms with Crippen LogP contribution in [0, 0.1) is 0 Å². The zero-order chi connectivity index (χ0) is 14.0. The lowest BCUT2D eigenvalue weighted by atomic mass is 10.2. The second-order valence-corrected chi connectivity index (χ2v) is 2.80. The third-order valence-corrected chi connectivity index (χ3v) is 1.37. The summed E-state index contributed by atoms with van der Waals surface area (Å²) in [4.78, 5) is 29.7. The van der Waals surface area contributed by atoms with Gasteiger partial charge in [0.05, 0.1) is 13.2 Å². The molecule has 0 saturated carbocycles. The summed E-state index contributed by atoms with van der Waals surface area (Å²) >= 11 is 0. The molecule has 0 aliphatic heterocycles. The number of carbonyl (C=O) groups excluding carboxylic acids is 1. The number of aliphatic carboxylic acids is 2. The maximum Gasteiger partial charge on any atom is 0.330 e. The molecule has 2 atom stereocenters. The van der Waals surface area contributed by atoms with E-state index in [9.17, 15) is 14.4 Å². The number of carboxylic acids is 2. The fraction of sp³-hybridized carbons (Fsp3) is 0.444. The van der Waals surface area contributed by atoms with Gasteiger partial charge in [-0.25, -0.2) is 9.59 Å². The van der Waals surface area contributed by atoms with E-state index in [2.05, 4.69) is 4.74 Å². The van der Waals surface area contributed by atoms with E-state index in [1.165, 1.54) is 14.0 Å². The molecule has 0 heterocycles. The van der Waals surface area contributed by atoms with Crippen LogP contribution in [0.3, 0.4) is 0 Å². The Kier molecular flexibility index (Phi) is 9.56. The Balaban J connectivity index is 0. The Bertz CT molecular complexity index is 298. The third kappa shape index (κ3) is 12.0. The summed E-state index contributed by atoms with van der Waals surface area (Å²) in [6, 6.07) is -1.16. The SMILES string of the molecule is COC(=O)/C=C/C(=O)O.C[C@@H](O)[C@H](N)C(=O)O. The number of nitrogens with two attached hydrogens (primary N) is 1. The van der Waals surface area contributed by atoms with E-state index >= 15 is 0 Å². The molecule has 0 aromatic carbocycles. The first-order valence-electron chi connectivity index (χ1n) is 4.37. The van der Waals surface area contributed by atoms with Crippen molar-refractivity contribution in [2.45, 2.75) is 19.1 Å². The number of aliphatic hydroxyl groups is 1. The predicted molar refractivity (Wildman–Crippen MR) is 56.1 cm³/mol. The molecule has 0 radical (unpaired) electrons. The summed E-state index contributed by atoms with van der Waals surface area (Å²) in [5, 5.41) is 24.5. The molecule has 0 aromatic heterocycles. The molecule has 98 valence electrons. The molecule has 0 aliphatic carbocycles. The van der Waals surface area contributed by atoms with E-state index in [0.717, 1.165) is 6.08 Å². The quantitative estimate of drug-likeness (QED) is 0.350. The van der Waals surface area contributed by atoms with Gasteiger partial charge in [-0.1, -0.05) is 0 Å². The summed E-state index contributed by atoms with van der Waals surface area (Å²) < 4.78 is 4.11. The van der Waals surface area contributed by atoms with Crippen LogP contribution in [0.2, 0.25) is 0 Å². The molecule has 5 N–H and O–H groups in total. The Morgan fingerprint density at radius 2 is 1.71 bits per heavy atom. The van der Waals surface area contributed by atoms with E-state index < -0.39 is 30.1 Å². The smallest absolute Gasteiger partial charge is 0.330 e. The summed E-state index contributed by atoms with van der Waals surface area (Å²) in [5.41, 5.74) is 4.91. The number of carboxylic acid groups (broad SMARTS) is 2. The highest BCUT2D eigenvalue weighted by Crippen LogP contribution is 1.85. The monoisotopic (exact) mass is 249 g/mol. The van der Waals surface area contributed by atoms with Crippen LogP contribution >= 0.6 is 0 Å². The molecule has 0 saturated heterocycles. The van der Waals surface area contributed by atoms with Crippen LogP contribution in [-0.4, -0.2) is 52.5 Å². The molecule has 0 aliphatic rings. The number of hydrogen-bond donors (Lipinski definition) is 4. The average molecular weight is 249 g/mol. The molecule has 0 aromatic rings. The zero-order valence-electron chi connectivity index (χ0n) is 9.36. The van der Waals surface area contributed by atoms with Crippen LogP contribution in [-0.2, 0) is 19.1 Å². The van der Waals surface area contributed by atoms with Crippen molar-refractivity contribution in [3.05, 3.63) is 12.2 Å². The van der Waals surface area contributed by atoms with Gasteiger partial charge in [0.15, 0.2) is 0 Å². The van der Waals surface area contributed by atoms with Gasteiger partial charge in [0.2, 0.25) is 0 Å². The maximum atomic E-state index is 10.1. The lowest BCUT2D eigenvalue weighted by Crippen LogP contribution is -2.39. The first kappa shape index (κ1) is 17.5. The molecular formula is C9H15NO7. The fourth-order valence-electron chi connectivity index (χ4n) is 0.414. The van der Waals surface area contributed by atoms with Crippen molar-refractivity contribution in [2.75, 3.05) is 7.11 Å². The minimum atomic E-state index is -1.18. The molecule has 0 spiro atoms. The molecule has 0 fully saturated rings. The van der Waals surface area contributed by atoms with Crippen LogP contribution < -0.4 is 5.73 Å². The van der Waals surface area contributed by atoms with Crippen molar-refractivity contribution in [2.24, 2.45) is 5.73 Å². The number of hydrogen-bond acceptors (Lipinski definition) is 6. The summed E-state index contributed by atoms with van der Waals surface area (Å²) in [7, 11) is 1.18. The topological polar surface area (TPSA) is 147 Å². The molecule has 8 heteroatoms. The van der Waals surface area contributed by atoms with Crippen molar-refractivity contribution in [3.63, 3.8) is 0 Å². The first-order valence-corrected chi connectivity index (χ1v) is 4.37. The molecule has 0 amide bonds. The van der Waals surface area contributed by atoms with Gasteiger partial charge in [0.25, 0.3) is 0 Å². The van der Waals surface area contributed by atoms with Crippen molar-refractivity contribution < 1.29 is 34.4 Å². The second kappa shape index (κ2) is 9.31. The minimum Gasteiger partial charge on any atom is -0.480 e. The van der Waals surface area contributed by atoms with Gasteiger partial charge < -0.3 is 25.8 Å². The van der Waals surface area contributed by atoms with Gasteiger partial charge in [-0.15, -0.1) is 0 Å². The van der Waals surface area contributed by atoms with Crippen molar-refractivity contribution in [1.82, 2.24) is 0 Å². The Morgan fingerprint density at radius 3 is 1.88 bits per heavy atom. The third-order valence-electron chi connectivity index (χ3n) is 1.37. The second-order valence-electron chi connectivity index (χ2n) is 2.80. The van der Waals surface area contributed by atoms with Crippen molar-refractivity contribution in [1.29, 1.82) is 0 Å². The molecule has 17 heavy (non-hydrogen) atoms. The van der Waals surface area contributed by atoms with Crippen molar-refractivity contribution >= 4 is 17.9 Å². The largest absolute Gasteiger partial charge is 0.480 e. The number of methoxy groups -OCH3 is 1. The van der Waals surface area contributed by atoms with E-state index in [4.69, 9.17) is 21.1 Å². The van der Waals surface area contributed by atoms with Crippen molar-refractivity contribution in [3.8, 4) is 0 Å². The van der Waals surface area contributed by atoms with E-state index in [1.807, 2.05) is 0 Å². The molecule has 0 bridgehead atoms. The Labute approximate surface area is 97.3 Å². The standard InChI is InChI=1S/C5H6O4.C4H9NO3/c1-9-5(8)3-2-4(6)7;1-2(6)3(5)4(7)8/h2-3H,1H3,(H,6,7);2-3,6H,5H2,1H3,(H,7,8)/b3-2+;/t;2-,3+/m.1/s1. The van der Waals surface area contributed by atoms with Crippen LogP contribution in [0.5, 0.6) is 0 Å². The molecule has 0 rings (SSSR count). The molecule has 0 unspecified atom stereocenters. The fourth-order valence-corrected chi connectivity index (χ4v) is 0.414. The lowest BCUT2D eigenvalue weighted by Gasteiger charge is -2.06. The molecular weight excluding hydrogens is 234 g/mol. The van der Waals surface area contributed by atoms with Crippen LogP contribution in [0.4, 0.5) is 0 Å². The average Bonchev–Trinajstić information content (AvgIpc) is 2.25. The Morgan fingerprint density at radius 1 is 1.24 bits per heavy atom. The Hall–Kier alpha value is -1.93. The maximum absolute atomic E-state index is 10.1. The first-order chi connectivity index (χ1) is 7.72. The minimum absolute atomic E-state index is 0.669. The highest BCUT2D eigenvalue weighted by molar-refractivity contribution is 5.90. The number of aliphatic hydroxyl groups excluding tert-OH is 1. The molecule has 8 nitrogen and oxygen atoms in total. The van der Waals surface area contributed by atoms with Crippen LogP contribution in [0.15, 0.2) is 12.2 Å². The van der Waals surface area contributed by atoms with Gasteiger partial charge in [-0.05, 0) is 6.92 Å². The van der Waals surface area contributed by atoms with Gasteiger partial charge in [0, 0.05) is 12.2 Å². The number of esters is 1.